The van der Waals surface area contributed by atoms with E-state index in [1.54, 1.807) is 0 Å². The van der Waals surface area contributed by atoms with E-state index in [4.69, 9.17) is 0 Å². The van der Waals surface area contributed by atoms with Crippen LogP contribution in [0.5, 0.6) is 0 Å². The number of aryl methyl sites for hydroxylation is 1. The van der Waals surface area contributed by atoms with E-state index in [2.05, 4.69) is 15.3 Å². The van der Waals surface area contributed by atoms with Crippen LogP contribution in [-0.4, -0.2) is 23.1 Å². The van der Waals surface area contributed by atoms with Crippen LogP contribution in [0.15, 0.2) is 4.79 Å². The van der Waals surface area contributed by atoms with Gasteiger partial charge in [0.1, 0.15) is 5.82 Å². The van der Waals surface area contributed by atoms with Crippen molar-refractivity contribution in [1.82, 2.24) is 15.3 Å². The summed E-state index contributed by atoms with van der Waals surface area (Å²) in [5, 5.41) is 3.32. The van der Waals surface area contributed by atoms with E-state index < -0.39 is 0 Å². The van der Waals surface area contributed by atoms with E-state index in [1.807, 2.05) is 13.8 Å². The Hall–Kier alpha value is -1.16. The van der Waals surface area contributed by atoms with Crippen molar-refractivity contribution in [3.8, 4) is 0 Å². The lowest BCUT2D eigenvalue weighted by Gasteiger charge is -2.22. The van der Waals surface area contributed by atoms with Gasteiger partial charge in [-0.2, -0.15) is 0 Å². The van der Waals surface area contributed by atoms with Crippen LogP contribution in [0.25, 0.3) is 0 Å². The van der Waals surface area contributed by atoms with Gasteiger partial charge in [-0.1, -0.05) is 0 Å². The lowest BCUT2D eigenvalue weighted by Crippen LogP contribution is -2.31. The van der Waals surface area contributed by atoms with Crippen molar-refractivity contribution in [2.75, 3.05) is 13.1 Å². The maximum atomic E-state index is 11.6. The van der Waals surface area contributed by atoms with Crippen molar-refractivity contribution in [1.29, 1.82) is 0 Å². The number of aromatic amines is 1. The highest BCUT2D eigenvalue weighted by molar-refractivity contribution is 5.15. The van der Waals surface area contributed by atoms with Crippen molar-refractivity contribution in [2.45, 2.75) is 32.6 Å². The maximum Gasteiger partial charge on any atom is 0.254 e. The predicted octanol–water partition coefficient (Wildman–Crippen LogP) is 0.854. The number of aromatic nitrogens is 2. The molecule has 2 rings (SSSR count). The highest BCUT2D eigenvalue weighted by Gasteiger charge is 2.18. The Balaban J connectivity index is 2.32. The molecule has 1 aromatic rings. The highest BCUT2D eigenvalue weighted by Crippen LogP contribution is 2.19. The van der Waals surface area contributed by atoms with Crippen LogP contribution in [0.1, 0.15) is 35.8 Å². The van der Waals surface area contributed by atoms with E-state index >= 15 is 0 Å². The largest absolute Gasteiger partial charge is 0.316 e. The number of nitrogens with zero attached hydrogens (tertiary/aromatic N) is 1. The monoisotopic (exact) mass is 207 g/mol. The Kier molecular flexibility index (Phi) is 2.86. The molecule has 0 radical (unpaired) electrons. The molecule has 1 aliphatic heterocycles. The molecule has 1 aliphatic rings. The molecule has 1 saturated heterocycles. The van der Waals surface area contributed by atoms with Gasteiger partial charge in [0.05, 0.1) is 0 Å². The Labute approximate surface area is 89.1 Å². The molecule has 0 aromatic carbocycles. The van der Waals surface area contributed by atoms with Crippen molar-refractivity contribution in [2.24, 2.45) is 0 Å². The number of rotatable bonds is 1. The standard InChI is InChI=1S/C11H17N3O/c1-7-8(2)13-10(14-11(7)15)9-4-3-5-12-6-9/h9,12H,3-6H2,1-2H3,(H,13,14,15). The predicted molar refractivity (Wildman–Crippen MR) is 59.2 cm³/mol. The van der Waals surface area contributed by atoms with E-state index in [0.29, 0.717) is 5.92 Å². The second kappa shape index (κ2) is 4.14. The molecular formula is C11H17N3O. The maximum absolute atomic E-state index is 11.6. The van der Waals surface area contributed by atoms with Crippen molar-refractivity contribution in [3.63, 3.8) is 0 Å². The zero-order valence-corrected chi connectivity index (χ0v) is 9.26. The molecule has 2 N–H and O–H groups in total. The molecule has 1 fully saturated rings. The summed E-state index contributed by atoms with van der Waals surface area (Å²) in [4.78, 5) is 18.9. The zero-order valence-electron chi connectivity index (χ0n) is 9.26. The Bertz CT molecular complexity index is 405. The zero-order chi connectivity index (χ0) is 10.8. The van der Waals surface area contributed by atoms with Crippen LogP contribution in [0.2, 0.25) is 0 Å². The van der Waals surface area contributed by atoms with Crippen LogP contribution in [-0.2, 0) is 0 Å². The molecule has 1 unspecified atom stereocenters. The van der Waals surface area contributed by atoms with Gasteiger partial charge in [0.25, 0.3) is 5.56 Å². The van der Waals surface area contributed by atoms with Gasteiger partial charge in [0.2, 0.25) is 0 Å². The molecule has 4 heteroatoms. The van der Waals surface area contributed by atoms with Gasteiger partial charge in [-0.25, -0.2) is 4.98 Å². The lowest BCUT2D eigenvalue weighted by atomic mass is 9.98. The molecule has 82 valence electrons. The third-order valence-corrected chi connectivity index (χ3v) is 3.10. The summed E-state index contributed by atoms with van der Waals surface area (Å²) < 4.78 is 0. The van der Waals surface area contributed by atoms with Gasteiger partial charge in [-0.15, -0.1) is 0 Å². The second-order valence-corrected chi connectivity index (χ2v) is 4.20. The highest BCUT2D eigenvalue weighted by atomic mass is 16.1. The quantitative estimate of drug-likeness (QED) is 0.718. The summed E-state index contributed by atoms with van der Waals surface area (Å²) in [7, 11) is 0. The topological polar surface area (TPSA) is 57.8 Å². The first-order chi connectivity index (χ1) is 7.18. The van der Waals surface area contributed by atoms with Crippen LogP contribution in [0.3, 0.4) is 0 Å². The molecular weight excluding hydrogens is 190 g/mol. The Morgan fingerprint density at radius 2 is 2.20 bits per heavy atom. The minimum atomic E-state index is 0.00285. The number of H-pyrrole nitrogens is 1. The van der Waals surface area contributed by atoms with Gasteiger partial charge in [0, 0.05) is 23.7 Å². The third kappa shape index (κ3) is 2.09. The molecule has 0 bridgehead atoms. The fraction of sp³-hybridized carbons (Fsp3) is 0.636. The summed E-state index contributed by atoms with van der Waals surface area (Å²) in [6.07, 6.45) is 2.26. The van der Waals surface area contributed by atoms with E-state index in [9.17, 15) is 4.79 Å². The minimum Gasteiger partial charge on any atom is -0.316 e. The summed E-state index contributed by atoms with van der Waals surface area (Å²) in [6.45, 7) is 5.70. The lowest BCUT2D eigenvalue weighted by molar-refractivity contribution is 0.445. The van der Waals surface area contributed by atoms with Crippen molar-refractivity contribution < 1.29 is 0 Å². The number of hydrogen-bond acceptors (Lipinski definition) is 3. The van der Waals surface area contributed by atoms with E-state index in [1.165, 1.54) is 0 Å². The summed E-state index contributed by atoms with van der Waals surface area (Å²) in [6, 6.07) is 0. The smallest absolute Gasteiger partial charge is 0.254 e. The average Bonchev–Trinajstić information content (AvgIpc) is 2.26. The Morgan fingerprint density at radius 3 is 2.80 bits per heavy atom. The molecule has 1 atom stereocenters. The van der Waals surface area contributed by atoms with Gasteiger partial charge >= 0.3 is 0 Å². The molecule has 4 nitrogen and oxygen atoms in total. The van der Waals surface area contributed by atoms with Crippen LogP contribution >= 0.6 is 0 Å². The fourth-order valence-corrected chi connectivity index (χ4v) is 1.95. The first-order valence-electron chi connectivity index (χ1n) is 5.46. The minimum absolute atomic E-state index is 0.00285. The summed E-state index contributed by atoms with van der Waals surface area (Å²) in [5.41, 5.74) is 1.57. The number of nitrogens with one attached hydrogen (secondary N) is 2. The average molecular weight is 207 g/mol. The summed E-state index contributed by atoms with van der Waals surface area (Å²) >= 11 is 0. The number of piperidine rings is 1. The van der Waals surface area contributed by atoms with Crippen LogP contribution < -0.4 is 10.9 Å². The van der Waals surface area contributed by atoms with Gasteiger partial charge in [-0.05, 0) is 33.2 Å². The Morgan fingerprint density at radius 1 is 1.40 bits per heavy atom. The van der Waals surface area contributed by atoms with Crippen molar-refractivity contribution >= 4 is 0 Å². The molecule has 0 spiro atoms. The molecule has 0 saturated carbocycles. The molecule has 1 aromatic heterocycles. The van der Waals surface area contributed by atoms with Gasteiger partial charge in [-0.3, -0.25) is 4.79 Å². The normalized spacial score (nSPS) is 21.6. The molecule has 2 heterocycles. The van der Waals surface area contributed by atoms with Gasteiger partial charge in [0.15, 0.2) is 0 Å². The van der Waals surface area contributed by atoms with E-state index in [0.717, 1.165) is 43.0 Å². The fourth-order valence-electron chi connectivity index (χ4n) is 1.95. The molecule has 15 heavy (non-hydrogen) atoms. The molecule has 0 aliphatic carbocycles. The van der Waals surface area contributed by atoms with Crippen LogP contribution in [0, 0.1) is 13.8 Å². The van der Waals surface area contributed by atoms with E-state index in [-0.39, 0.29) is 5.56 Å². The first-order valence-corrected chi connectivity index (χ1v) is 5.46. The van der Waals surface area contributed by atoms with Crippen molar-refractivity contribution in [3.05, 3.63) is 27.4 Å². The second-order valence-electron chi connectivity index (χ2n) is 4.20. The number of hydrogen-bond donors (Lipinski definition) is 2. The first kappa shape index (κ1) is 10.4. The molecule has 0 amide bonds. The SMILES string of the molecule is Cc1nc(C2CCCNC2)[nH]c(=O)c1C. The van der Waals surface area contributed by atoms with Crippen LogP contribution in [0.4, 0.5) is 0 Å². The van der Waals surface area contributed by atoms with Gasteiger partial charge < -0.3 is 10.3 Å². The summed E-state index contributed by atoms with van der Waals surface area (Å²) in [5.74, 6) is 1.21. The third-order valence-electron chi connectivity index (χ3n) is 3.10.